The van der Waals surface area contributed by atoms with Crippen molar-refractivity contribution in [1.82, 2.24) is 0 Å². The van der Waals surface area contributed by atoms with Gasteiger partial charge in [0.25, 0.3) is 0 Å². The summed E-state index contributed by atoms with van der Waals surface area (Å²) in [5.74, 6) is -0.443. The summed E-state index contributed by atoms with van der Waals surface area (Å²) in [6.45, 7) is -0.383. The van der Waals surface area contributed by atoms with Gasteiger partial charge < -0.3 is 5.11 Å². The van der Waals surface area contributed by atoms with Gasteiger partial charge in [-0.15, -0.1) is 0 Å². The van der Waals surface area contributed by atoms with Crippen molar-refractivity contribution in [3.63, 3.8) is 0 Å². The molecule has 1 N–H and O–H groups in total. The van der Waals surface area contributed by atoms with Crippen LogP contribution in [0.15, 0.2) is 12.2 Å². The first-order chi connectivity index (χ1) is 9.10. The van der Waals surface area contributed by atoms with Crippen LogP contribution in [0.3, 0.4) is 0 Å². The van der Waals surface area contributed by atoms with E-state index in [0.29, 0.717) is 0 Å². The van der Waals surface area contributed by atoms with E-state index in [1.54, 1.807) is 12.2 Å². The summed E-state index contributed by atoms with van der Waals surface area (Å²) in [5, 5.41) is 48.0. The fraction of sp³-hybridized carbons (Fsp3) is 0.571. The van der Waals surface area contributed by atoms with Crippen LogP contribution in [0.2, 0.25) is 0 Å². The lowest BCUT2D eigenvalue weighted by atomic mass is 9.55. The fourth-order valence-electron chi connectivity index (χ4n) is 4.48. The lowest BCUT2D eigenvalue weighted by Crippen LogP contribution is -2.49. The molecule has 92 valence electrons. The molecule has 0 heterocycles. The zero-order chi connectivity index (χ0) is 13.9. The van der Waals surface area contributed by atoms with Crippen LogP contribution in [0.4, 0.5) is 0 Å². The fourth-order valence-corrected chi connectivity index (χ4v) is 4.48. The molecule has 2 fully saturated rings. The van der Waals surface area contributed by atoms with Crippen LogP contribution in [-0.4, -0.2) is 11.7 Å². The molecule has 5 heteroatoms. The summed E-state index contributed by atoms with van der Waals surface area (Å²) in [7, 11) is 0. The molecule has 3 rings (SSSR count). The smallest absolute Gasteiger partial charge is 0.187 e. The van der Waals surface area contributed by atoms with Gasteiger partial charge in [0.2, 0.25) is 0 Å². The zero-order valence-corrected chi connectivity index (χ0v) is 10.1. The van der Waals surface area contributed by atoms with E-state index in [1.807, 2.05) is 24.3 Å². The Morgan fingerprint density at radius 1 is 1.05 bits per heavy atom. The second-order valence-electron chi connectivity index (χ2n) is 5.63. The van der Waals surface area contributed by atoms with Crippen LogP contribution in [0.5, 0.6) is 0 Å². The van der Waals surface area contributed by atoms with Gasteiger partial charge in [0, 0.05) is 5.92 Å². The number of nitrogens with zero attached hydrogens (tertiary/aromatic N) is 4. The molecule has 0 unspecified atom stereocenters. The first-order valence-electron chi connectivity index (χ1n) is 6.05. The van der Waals surface area contributed by atoms with Crippen molar-refractivity contribution in [2.45, 2.75) is 12.8 Å². The lowest BCUT2D eigenvalue weighted by molar-refractivity contribution is 0.0608. The van der Waals surface area contributed by atoms with E-state index in [1.165, 1.54) is 0 Å². The number of nitriles is 4. The first-order valence-corrected chi connectivity index (χ1v) is 6.05. The summed E-state index contributed by atoms with van der Waals surface area (Å²) in [6.07, 6.45) is 4.93. The highest BCUT2D eigenvalue weighted by Crippen LogP contribution is 2.84. The van der Waals surface area contributed by atoms with Crippen LogP contribution in [-0.2, 0) is 0 Å². The zero-order valence-electron chi connectivity index (χ0n) is 10.1. The maximum atomic E-state index is 9.87. The van der Waals surface area contributed by atoms with Gasteiger partial charge in [-0.3, -0.25) is 0 Å². The van der Waals surface area contributed by atoms with Crippen LogP contribution in [0.25, 0.3) is 0 Å². The number of aliphatic hydroxyl groups excluding tert-OH is 1. The molecule has 2 saturated carbocycles. The molecule has 2 atom stereocenters. The molecule has 0 radical (unpaired) electrons. The van der Waals surface area contributed by atoms with E-state index < -0.39 is 27.6 Å². The van der Waals surface area contributed by atoms with Crippen molar-refractivity contribution in [3.05, 3.63) is 12.2 Å². The van der Waals surface area contributed by atoms with Gasteiger partial charge in [-0.1, -0.05) is 12.2 Å². The summed E-state index contributed by atoms with van der Waals surface area (Å²) < 4.78 is 0. The minimum atomic E-state index is -1.80. The average molecular weight is 250 g/mol. The Hall–Kier alpha value is -2.34. The predicted molar refractivity (Wildman–Crippen MR) is 61.1 cm³/mol. The third kappa shape index (κ3) is 0.744. The van der Waals surface area contributed by atoms with E-state index in [-0.39, 0.29) is 6.61 Å². The minimum absolute atomic E-state index is 0.383. The monoisotopic (exact) mass is 250 g/mol. The van der Waals surface area contributed by atoms with Gasteiger partial charge in [-0.2, -0.15) is 21.0 Å². The highest BCUT2D eigenvalue weighted by molar-refractivity contribution is 5.55. The maximum Gasteiger partial charge on any atom is 0.187 e. The summed E-state index contributed by atoms with van der Waals surface area (Å²) >= 11 is 0. The predicted octanol–water partition coefficient (Wildman–Crippen LogP) is 1.01. The van der Waals surface area contributed by atoms with Crippen molar-refractivity contribution < 1.29 is 5.11 Å². The third-order valence-corrected chi connectivity index (χ3v) is 5.51. The lowest BCUT2D eigenvalue weighted by Gasteiger charge is -2.39. The topological polar surface area (TPSA) is 115 Å². The summed E-state index contributed by atoms with van der Waals surface area (Å²) in [5.41, 5.74) is -5.03. The Morgan fingerprint density at radius 2 is 1.63 bits per heavy atom. The number of rotatable bonds is 1. The van der Waals surface area contributed by atoms with E-state index in [4.69, 9.17) is 0 Å². The van der Waals surface area contributed by atoms with Crippen LogP contribution >= 0.6 is 0 Å². The number of aliphatic hydroxyl groups is 1. The molecule has 0 saturated heterocycles. The van der Waals surface area contributed by atoms with Gasteiger partial charge in [-0.05, 0) is 18.3 Å². The number of allylic oxidation sites excluding steroid dienone is 1. The molecule has 3 aliphatic rings. The molecule has 0 aliphatic heterocycles. The van der Waals surface area contributed by atoms with Gasteiger partial charge >= 0.3 is 0 Å². The standard InChI is InChI=1S/C14H10N4O/c15-5-12(6-16)10-1-2-13(9-19,11(10)3-4-11)14(12,7-17)8-18/h1-2,10,19H,3-4,9H2/t10-,13-/m0/s1. The highest BCUT2D eigenvalue weighted by Gasteiger charge is 2.88. The van der Waals surface area contributed by atoms with Crippen molar-refractivity contribution in [1.29, 1.82) is 21.0 Å². The highest BCUT2D eigenvalue weighted by atomic mass is 16.3. The molecule has 5 nitrogen and oxygen atoms in total. The molecule has 1 spiro atoms. The Morgan fingerprint density at radius 3 is 2.00 bits per heavy atom. The van der Waals surface area contributed by atoms with Crippen molar-refractivity contribution in [3.8, 4) is 24.3 Å². The summed E-state index contributed by atoms with van der Waals surface area (Å²) in [6, 6.07) is 7.72. The molecule has 0 aromatic rings. The van der Waals surface area contributed by atoms with Crippen LogP contribution in [0, 0.1) is 72.9 Å². The average Bonchev–Trinajstić information content (AvgIpc) is 3.16. The van der Waals surface area contributed by atoms with Gasteiger partial charge in [0.15, 0.2) is 10.8 Å². The second-order valence-corrected chi connectivity index (χ2v) is 5.63. The normalized spacial score (nSPS) is 37.0. The second kappa shape index (κ2) is 2.97. The van der Waals surface area contributed by atoms with Crippen LogP contribution < -0.4 is 0 Å². The summed E-state index contributed by atoms with van der Waals surface area (Å²) in [4.78, 5) is 0. The Bertz CT molecular complexity index is 634. The molecular weight excluding hydrogens is 240 g/mol. The van der Waals surface area contributed by atoms with Crippen LogP contribution in [0.1, 0.15) is 12.8 Å². The number of hydrogen-bond donors (Lipinski definition) is 1. The Balaban J connectivity index is 2.43. The molecule has 0 aromatic carbocycles. The van der Waals surface area contributed by atoms with Crippen molar-refractivity contribution in [2.24, 2.45) is 27.6 Å². The Kier molecular flexibility index (Phi) is 1.83. The van der Waals surface area contributed by atoms with Crippen molar-refractivity contribution in [2.75, 3.05) is 6.61 Å². The quantitative estimate of drug-likeness (QED) is 0.697. The molecule has 3 aliphatic carbocycles. The van der Waals surface area contributed by atoms with Gasteiger partial charge in [-0.25, -0.2) is 0 Å². The van der Waals surface area contributed by atoms with E-state index in [0.717, 1.165) is 12.8 Å². The molecular formula is C14H10N4O. The molecule has 0 amide bonds. The SMILES string of the molecule is N#CC1(C#N)[C@H]2C=C[C@](CO)(C23CC3)C1(C#N)C#N. The van der Waals surface area contributed by atoms with E-state index in [9.17, 15) is 26.2 Å². The minimum Gasteiger partial charge on any atom is -0.395 e. The van der Waals surface area contributed by atoms with E-state index in [2.05, 4.69) is 0 Å². The van der Waals surface area contributed by atoms with E-state index >= 15 is 0 Å². The largest absolute Gasteiger partial charge is 0.395 e. The van der Waals surface area contributed by atoms with Crippen molar-refractivity contribution >= 4 is 0 Å². The number of hydrogen-bond acceptors (Lipinski definition) is 5. The van der Waals surface area contributed by atoms with Gasteiger partial charge in [0.1, 0.15) is 0 Å². The third-order valence-electron chi connectivity index (χ3n) is 5.51. The molecule has 19 heavy (non-hydrogen) atoms. The first kappa shape index (κ1) is 11.7. The van der Waals surface area contributed by atoms with Gasteiger partial charge in [0.05, 0.1) is 36.3 Å². The Labute approximate surface area is 110 Å². The molecule has 0 aromatic heterocycles. The molecule has 2 bridgehead atoms. The maximum absolute atomic E-state index is 9.87.